The van der Waals surface area contributed by atoms with Crippen molar-refractivity contribution in [1.29, 1.82) is 0 Å². The Balaban J connectivity index is -0.0000000575. The molecule has 0 aliphatic rings. The summed E-state index contributed by atoms with van der Waals surface area (Å²) in [6.07, 6.45) is 0. The van der Waals surface area contributed by atoms with Crippen molar-refractivity contribution in [3.05, 3.63) is 7.11 Å². The summed E-state index contributed by atoms with van der Waals surface area (Å²) in [5.41, 5.74) is 0. The van der Waals surface area contributed by atoms with Crippen LogP contribution in [0.15, 0.2) is 0 Å². The molecule has 0 aliphatic carbocycles. The molecule has 0 fully saturated rings. The maximum Gasteiger partial charge on any atom is 0.186 e. The van der Waals surface area contributed by atoms with Crippen LogP contribution in [0.2, 0.25) is 0 Å². The molecule has 3 nitrogen and oxygen atoms in total. The Morgan fingerprint density at radius 2 is 1.75 bits per heavy atom. The molecular weight excluding hydrogens is 382 g/mol. The van der Waals surface area contributed by atoms with Crippen molar-refractivity contribution in [2.24, 2.45) is 0 Å². The SMILES string of the molecule is C[PH](=O)O.[CH2-]OC.[Rf]. The fourth-order valence-corrected chi connectivity index (χ4v) is 0. The van der Waals surface area contributed by atoms with Gasteiger partial charge in [0, 0.05) is 6.66 Å². The van der Waals surface area contributed by atoms with Gasteiger partial charge in [-0.3, -0.25) is 4.57 Å². The Morgan fingerprint density at radius 1 is 1.75 bits per heavy atom. The Hall–Kier alpha value is -0.850. The van der Waals surface area contributed by atoms with Crippen LogP contribution in [-0.2, 0) is 9.30 Å². The van der Waals surface area contributed by atoms with Crippen molar-refractivity contribution in [2.75, 3.05) is 13.8 Å². The monoisotopic (exact) mass is 392 g/mol. The summed E-state index contributed by atoms with van der Waals surface area (Å²) in [6.45, 7) is 1.27. The van der Waals surface area contributed by atoms with Crippen LogP contribution in [0.25, 0.3) is 0 Å². The van der Waals surface area contributed by atoms with Gasteiger partial charge in [0.15, 0.2) is 8.03 Å². The average Bonchev–Trinajstić information content (AvgIpc) is 1.33. The zero-order valence-corrected chi connectivity index (χ0v) is 12.6. The quantitative estimate of drug-likeness (QED) is 0.483. The van der Waals surface area contributed by atoms with Gasteiger partial charge in [-0.2, -0.15) is 0 Å². The second kappa shape index (κ2) is 16.4. The summed E-state index contributed by atoms with van der Waals surface area (Å²) in [5.74, 6) is 0. The fourth-order valence-electron chi connectivity index (χ4n) is 0. The molecule has 0 radical (unpaired) electrons. The molecule has 0 amide bonds. The zero-order valence-electron chi connectivity index (χ0n) is 5.18. The molecule has 0 aromatic heterocycles. The first-order valence-electron chi connectivity index (χ1n) is 1.62. The maximum absolute atomic E-state index is 9.19. The van der Waals surface area contributed by atoms with Gasteiger partial charge >= 0.3 is 0 Å². The van der Waals surface area contributed by atoms with Crippen LogP contribution in [0.3, 0.4) is 0 Å². The maximum atomic E-state index is 9.19. The first kappa shape index (κ1) is 15.7. The summed E-state index contributed by atoms with van der Waals surface area (Å²) in [4.78, 5) is 7.60. The molecular formula is C3H10O3PRf-. The number of hydrogen-bond acceptors (Lipinski definition) is 2. The van der Waals surface area contributed by atoms with Crippen molar-refractivity contribution in [1.82, 2.24) is 0 Å². The summed E-state index contributed by atoms with van der Waals surface area (Å²) >= 11 is 0. The van der Waals surface area contributed by atoms with Crippen molar-refractivity contribution in [3.63, 3.8) is 0 Å². The second-order valence-electron chi connectivity index (χ2n) is 0.808. The molecule has 0 aromatic carbocycles. The topological polar surface area (TPSA) is 46.5 Å². The molecule has 1 N–H and O–H groups in total. The van der Waals surface area contributed by atoms with Gasteiger partial charge in [0.2, 0.25) is 0 Å². The van der Waals surface area contributed by atoms with E-state index in [0.717, 1.165) is 0 Å². The number of hydrogen-bond donors (Lipinski definition) is 1. The van der Waals surface area contributed by atoms with Crippen LogP contribution in [0.5, 0.6) is 0 Å². The van der Waals surface area contributed by atoms with E-state index < -0.39 is 8.03 Å². The third-order valence-corrected chi connectivity index (χ3v) is 0. The van der Waals surface area contributed by atoms with E-state index in [1.807, 2.05) is 0 Å². The first-order chi connectivity index (χ1) is 3.15. The smallest absolute Gasteiger partial charge is 0.186 e. The Bertz CT molecular complexity index is 45.8. The Labute approximate surface area is 44.2 Å². The van der Waals surface area contributed by atoms with Gasteiger partial charge in [-0.15, -0.1) is 0 Å². The van der Waals surface area contributed by atoms with Gasteiger partial charge in [0.1, 0.15) is 0 Å². The van der Waals surface area contributed by atoms with E-state index in [4.69, 9.17) is 4.89 Å². The van der Waals surface area contributed by atoms with Gasteiger partial charge in [-0.1, -0.05) is 0 Å². The van der Waals surface area contributed by atoms with E-state index in [1.54, 1.807) is 0 Å². The van der Waals surface area contributed by atoms with Crippen LogP contribution >= 0.6 is 8.03 Å². The molecule has 0 saturated carbocycles. The molecule has 0 bridgehead atoms. The van der Waals surface area contributed by atoms with Crippen LogP contribution < -0.4 is 0 Å². The first-order valence-corrected chi connectivity index (χ1v) is 3.48. The van der Waals surface area contributed by atoms with Gasteiger partial charge in [-0.05, 0) is 7.11 Å². The zero-order chi connectivity index (χ0) is 6.28. The predicted molar refractivity (Wildman–Crippen MR) is 29.5 cm³/mol. The largest absolute Gasteiger partial charge is 0.557 e. The molecule has 0 spiro atoms. The van der Waals surface area contributed by atoms with E-state index in [-0.39, 0.29) is 0 Å². The predicted octanol–water partition coefficient (Wildman–Crippen LogP) is 0.508. The third kappa shape index (κ3) is 123. The summed E-state index contributed by atoms with van der Waals surface area (Å²) in [7, 11) is 2.37. The van der Waals surface area contributed by atoms with Crippen molar-refractivity contribution in [3.8, 4) is 0 Å². The van der Waals surface area contributed by atoms with Crippen molar-refractivity contribution >= 4 is 8.03 Å². The molecule has 0 heterocycles. The van der Waals surface area contributed by atoms with E-state index in [2.05, 4.69) is 11.8 Å². The third-order valence-electron chi connectivity index (χ3n) is 0. The van der Waals surface area contributed by atoms with E-state index in [1.165, 1.54) is 13.8 Å². The van der Waals surface area contributed by atoms with Crippen molar-refractivity contribution in [2.45, 2.75) is 0 Å². The number of rotatable bonds is 0. The van der Waals surface area contributed by atoms with E-state index >= 15 is 0 Å². The molecule has 48 valence electrons. The summed E-state index contributed by atoms with van der Waals surface area (Å²) in [6, 6.07) is 0. The molecule has 5 heteroatoms. The Morgan fingerprint density at radius 3 is 1.75 bits per heavy atom. The Kier molecular flexibility index (Phi) is 32.3. The number of methoxy groups -OCH3 is 1. The van der Waals surface area contributed by atoms with Crippen LogP contribution in [0, 0.1) is 7.11 Å². The standard InChI is InChI=1S/C2H5O.CH5O2P.Rf/c1-3-2;1-4(2)3;/h1H2,2H3;4H,1H3,(H,2,3);/q-1;;. The molecule has 1 unspecified atom stereocenters. The normalized spacial score (nSPS) is 10.0. The van der Waals surface area contributed by atoms with Crippen LogP contribution in [-0.4, -0.2) is 18.7 Å². The van der Waals surface area contributed by atoms with Gasteiger partial charge in [-0.25, -0.2) is 7.11 Å². The molecule has 0 aromatic rings. The van der Waals surface area contributed by atoms with E-state index in [0.29, 0.717) is 0 Å². The van der Waals surface area contributed by atoms with Crippen LogP contribution in [0.4, 0.5) is 0 Å². The van der Waals surface area contributed by atoms with Crippen LogP contribution in [0.1, 0.15) is 0 Å². The number of ether oxygens (including phenoxy) is 1. The molecule has 8 heavy (non-hydrogen) atoms. The molecule has 1 atom stereocenters. The minimum atomic E-state index is -2.13. The van der Waals surface area contributed by atoms with Gasteiger partial charge in [0.05, 0.1) is 0 Å². The molecule has 0 rings (SSSR count). The minimum absolute atomic E-state index is 0. The molecule has 0 aliphatic heterocycles. The summed E-state index contributed by atoms with van der Waals surface area (Å²) in [5, 5.41) is 0. The van der Waals surface area contributed by atoms with Crippen molar-refractivity contribution < 1.29 is 14.2 Å². The fraction of sp³-hybridized carbons (Fsp3) is 0.667. The van der Waals surface area contributed by atoms with E-state index in [9.17, 15) is 4.57 Å². The summed E-state index contributed by atoms with van der Waals surface area (Å²) < 4.78 is 13.2. The van der Waals surface area contributed by atoms with Gasteiger partial charge < -0.3 is 9.63 Å². The minimum Gasteiger partial charge on any atom is -0.557 e. The van der Waals surface area contributed by atoms with Gasteiger partial charge in [0.25, 0.3) is 0 Å². The second-order valence-corrected chi connectivity index (χ2v) is 1.85. The average molecular weight is 392 g/mol. The molecule has 0 saturated heterocycles.